The number of nitrogens with zero attached hydrogens (tertiary/aromatic N) is 4. The van der Waals surface area contributed by atoms with E-state index in [2.05, 4.69) is 58.9 Å². The van der Waals surface area contributed by atoms with Gasteiger partial charge in [0.05, 0.1) is 35.5 Å². The van der Waals surface area contributed by atoms with Crippen LogP contribution in [0.25, 0.3) is 22.2 Å². The number of nitriles is 1. The maximum atomic E-state index is 13.0. The Bertz CT molecular complexity index is 1500. The van der Waals surface area contributed by atoms with Gasteiger partial charge in [0.2, 0.25) is 0 Å². The summed E-state index contributed by atoms with van der Waals surface area (Å²) >= 11 is 0. The summed E-state index contributed by atoms with van der Waals surface area (Å²) in [7, 11) is 0. The van der Waals surface area contributed by atoms with Crippen molar-refractivity contribution in [1.29, 1.82) is 5.26 Å². The minimum absolute atomic E-state index is 0.0436. The Balaban J connectivity index is 1.19. The molecular weight excluding hydrogens is 460 g/mol. The average Bonchev–Trinajstić information content (AvgIpc) is 3.43. The number of ether oxygens (including phenoxy) is 1. The summed E-state index contributed by atoms with van der Waals surface area (Å²) in [6, 6.07) is 26.5. The molecule has 1 saturated carbocycles. The number of carbonyl (C=O) groups excluding carboxylic acids is 1. The average molecular weight is 491 g/mol. The van der Waals surface area contributed by atoms with E-state index >= 15 is 0 Å². The lowest BCUT2D eigenvalue weighted by Gasteiger charge is -2.43. The van der Waals surface area contributed by atoms with Crippen LogP contribution in [-0.2, 0) is 17.8 Å². The van der Waals surface area contributed by atoms with E-state index in [1.807, 2.05) is 41.6 Å². The Morgan fingerprint density at radius 2 is 1.86 bits per heavy atom. The Morgan fingerprint density at radius 3 is 2.70 bits per heavy atom. The van der Waals surface area contributed by atoms with E-state index in [4.69, 9.17) is 4.74 Å². The molecule has 6 heteroatoms. The van der Waals surface area contributed by atoms with Gasteiger partial charge in [0.1, 0.15) is 5.60 Å². The monoisotopic (exact) mass is 490 g/mol. The highest BCUT2D eigenvalue weighted by Crippen LogP contribution is 2.47. The van der Waals surface area contributed by atoms with Gasteiger partial charge in [-0.3, -0.25) is 4.90 Å². The van der Waals surface area contributed by atoms with Gasteiger partial charge < -0.3 is 9.30 Å². The molecule has 37 heavy (non-hydrogen) atoms. The van der Waals surface area contributed by atoms with Crippen molar-refractivity contribution in [1.82, 2.24) is 14.5 Å². The number of rotatable bonds is 5. The van der Waals surface area contributed by atoms with Crippen molar-refractivity contribution in [2.24, 2.45) is 5.41 Å². The molecule has 186 valence electrons. The van der Waals surface area contributed by atoms with Crippen LogP contribution in [-0.4, -0.2) is 32.7 Å². The second kappa shape index (κ2) is 9.08. The number of imidazole rings is 1. The molecular formula is C31H30N4O2. The third-order valence-corrected chi connectivity index (χ3v) is 7.91. The van der Waals surface area contributed by atoms with Gasteiger partial charge in [0.15, 0.2) is 0 Å². The standard InChI is InChI=1S/C31H30N4O2/c1-30(20-35-22-33-27-12-11-23(17-32)16-28(27)35)13-6-14-31(19-30)21-34(29(36)37-31)18-24-7-5-10-26(15-24)25-8-3-2-4-9-25/h2-5,7-12,15-16,22H,6,13-14,18-21H2,1H3/t30-,31-/m0/s1. The smallest absolute Gasteiger partial charge is 0.410 e. The molecule has 0 radical (unpaired) electrons. The molecule has 2 atom stereocenters. The maximum Gasteiger partial charge on any atom is 0.410 e. The molecule has 6 rings (SSSR count). The molecule has 0 bridgehead atoms. The normalized spacial score (nSPS) is 23.4. The Labute approximate surface area is 217 Å². The summed E-state index contributed by atoms with van der Waals surface area (Å²) in [5.74, 6) is 0. The van der Waals surface area contributed by atoms with E-state index in [1.165, 1.54) is 5.56 Å². The summed E-state index contributed by atoms with van der Waals surface area (Å²) in [6.45, 7) is 4.21. The van der Waals surface area contributed by atoms with E-state index in [1.54, 1.807) is 6.07 Å². The zero-order valence-electron chi connectivity index (χ0n) is 21.1. The van der Waals surface area contributed by atoms with Crippen molar-refractivity contribution in [3.63, 3.8) is 0 Å². The zero-order chi connectivity index (χ0) is 25.5. The molecule has 2 aliphatic rings. The molecule has 1 amide bonds. The second-order valence-corrected chi connectivity index (χ2v) is 11.0. The zero-order valence-corrected chi connectivity index (χ0v) is 21.1. The maximum absolute atomic E-state index is 13.0. The number of hydrogen-bond acceptors (Lipinski definition) is 4. The lowest BCUT2D eigenvalue weighted by molar-refractivity contribution is -0.0270. The molecule has 1 aliphatic heterocycles. The third kappa shape index (κ3) is 4.58. The number of benzene rings is 3. The fraction of sp³-hybridized carbons (Fsp3) is 0.323. The third-order valence-electron chi connectivity index (χ3n) is 7.91. The van der Waals surface area contributed by atoms with Crippen molar-refractivity contribution in [2.45, 2.75) is 51.3 Å². The minimum Gasteiger partial charge on any atom is -0.441 e. The van der Waals surface area contributed by atoms with Gasteiger partial charge in [-0.2, -0.15) is 5.26 Å². The van der Waals surface area contributed by atoms with Crippen LogP contribution < -0.4 is 0 Å². The Kier molecular flexibility index (Phi) is 5.72. The molecule has 1 saturated heterocycles. The molecule has 1 aromatic heterocycles. The molecule has 1 aliphatic carbocycles. The Morgan fingerprint density at radius 1 is 1.03 bits per heavy atom. The quantitative estimate of drug-likeness (QED) is 0.318. The number of aromatic nitrogens is 2. The van der Waals surface area contributed by atoms with Gasteiger partial charge in [0, 0.05) is 13.1 Å². The Hall–Kier alpha value is -4.11. The summed E-state index contributed by atoms with van der Waals surface area (Å²) < 4.78 is 8.30. The van der Waals surface area contributed by atoms with E-state index < -0.39 is 5.60 Å². The molecule has 2 heterocycles. The largest absolute Gasteiger partial charge is 0.441 e. The van der Waals surface area contributed by atoms with Crippen LogP contribution >= 0.6 is 0 Å². The molecule has 3 aromatic carbocycles. The molecule has 0 N–H and O–H groups in total. The summed E-state index contributed by atoms with van der Waals surface area (Å²) in [5, 5.41) is 9.33. The highest BCUT2D eigenvalue weighted by molar-refractivity contribution is 5.77. The fourth-order valence-corrected chi connectivity index (χ4v) is 6.33. The lowest BCUT2D eigenvalue weighted by atomic mass is 9.68. The van der Waals surface area contributed by atoms with Crippen LogP contribution in [0.5, 0.6) is 0 Å². The molecule has 0 unspecified atom stereocenters. The predicted molar refractivity (Wildman–Crippen MR) is 143 cm³/mol. The van der Waals surface area contributed by atoms with Gasteiger partial charge in [-0.05, 0) is 72.1 Å². The van der Waals surface area contributed by atoms with Crippen LogP contribution in [0.1, 0.15) is 43.7 Å². The van der Waals surface area contributed by atoms with E-state index in [-0.39, 0.29) is 11.5 Å². The number of amides is 1. The van der Waals surface area contributed by atoms with Gasteiger partial charge in [-0.25, -0.2) is 9.78 Å². The van der Waals surface area contributed by atoms with Crippen molar-refractivity contribution < 1.29 is 9.53 Å². The van der Waals surface area contributed by atoms with Crippen LogP contribution in [0.3, 0.4) is 0 Å². The predicted octanol–water partition coefficient (Wildman–Crippen LogP) is 6.55. The van der Waals surface area contributed by atoms with Gasteiger partial charge in [-0.1, -0.05) is 55.5 Å². The van der Waals surface area contributed by atoms with Gasteiger partial charge in [-0.15, -0.1) is 0 Å². The van der Waals surface area contributed by atoms with Gasteiger partial charge in [0.25, 0.3) is 0 Å². The van der Waals surface area contributed by atoms with Crippen molar-refractivity contribution in [3.8, 4) is 17.2 Å². The minimum atomic E-state index is -0.463. The first-order valence-corrected chi connectivity index (χ1v) is 12.9. The van der Waals surface area contributed by atoms with E-state index in [0.717, 1.165) is 54.4 Å². The first kappa shape index (κ1) is 23.3. The van der Waals surface area contributed by atoms with Crippen molar-refractivity contribution in [3.05, 3.63) is 90.3 Å². The highest BCUT2D eigenvalue weighted by atomic mass is 16.6. The van der Waals surface area contributed by atoms with Crippen LogP contribution in [0, 0.1) is 16.7 Å². The first-order chi connectivity index (χ1) is 17.9. The van der Waals surface area contributed by atoms with E-state index in [9.17, 15) is 10.1 Å². The van der Waals surface area contributed by atoms with Crippen LogP contribution in [0.2, 0.25) is 0 Å². The number of fused-ring (bicyclic) bond motifs is 1. The van der Waals surface area contributed by atoms with E-state index in [0.29, 0.717) is 18.7 Å². The molecule has 4 aromatic rings. The molecule has 1 spiro atoms. The van der Waals surface area contributed by atoms with Crippen LogP contribution in [0.15, 0.2) is 79.1 Å². The topological polar surface area (TPSA) is 71.2 Å². The highest BCUT2D eigenvalue weighted by Gasteiger charge is 2.51. The summed E-state index contributed by atoms with van der Waals surface area (Å²) in [6.07, 6.45) is 5.41. The lowest BCUT2D eigenvalue weighted by Crippen LogP contribution is -2.44. The second-order valence-electron chi connectivity index (χ2n) is 11.0. The van der Waals surface area contributed by atoms with Gasteiger partial charge >= 0.3 is 6.09 Å². The molecule has 2 fully saturated rings. The number of hydrogen-bond donors (Lipinski definition) is 0. The first-order valence-electron chi connectivity index (χ1n) is 12.9. The number of carbonyl (C=O) groups is 1. The molecule has 6 nitrogen and oxygen atoms in total. The SMILES string of the molecule is C[C@]1(Cn2cnc3ccc(C#N)cc32)CCC[C@@]2(CN(Cc3cccc(-c4ccccc4)c3)C(=O)O2)C1. The summed E-state index contributed by atoms with van der Waals surface area (Å²) in [5.41, 5.74) is 5.42. The van der Waals surface area contributed by atoms with Crippen molar-refractivity contribution >= 4 is 17.1 Å². The van der Waals surface area contributed by atoms with Crippen LogP contribution in [0.4, 0.5) is 4.79 Å². The van der Waals surface area contributed by atoms with Crippen molar-refractivity contribution in [2.75, 3.05) is 6.54 Å². The summed E-state index contributed by atoms with van der Waals surface area (Å²) in [4.78, 5) is 19.4. The fourth-order valence-electron chi connectivity index (χ4n) is 6.33.